The molecule has 29 heavy (non-hydrogen) atoms. The maximum absolute atomic E-state index is 13.9. The topological polar surface area (TPSA) is 73.5 Å². The van der Waals surface area contributed by atoms with Gasteiger partial charge in [-0.05, 0) is 18.2 Å². The molecule has 152 valence electrons. The van der Waals surface area contributed by atoms with Gasteiger partial charge in [0.05, 0.1) is 5.02 Å². The molecule has 2 aromatic carbocycles. The largest absolute Gasteiger partial charge is 0.349 e. The van der Waals surface area contributed by atoms with Crippen molar-refractivity contribution in [3.63, 3.8) is 0 Å². The third kappa shape index (κ3) is 3.39. The van der Waals surface area contributed by atoms with E-state index in [2.05, 4.69) is 4.98 Å². The molecule has 10 heteroatoms. The number of hydrogen-bond acceptors (Lipinski definition) is 3. The molecule has 1 saturated heterocycles. The lowest BCUT2D eigenvalue weighted by atomic mass is 10.2. The number of fused-ring (bicyclic) bond motifs is 1. The Labute approximate surface area is 170 Å². The van der Waals surface area contributed by atoms with E-state index in [1.165, 1.54) is 4.90 Å². The number of sulfonamides is 1. The van der Waals surface area contributed by atoms with Crippen LogP contribution in [0.1, 0.15) is 10.5 Å². The van der Waals surface area contributed by atoms with Crippen molar-refractivity contribution in [1.82, 2.24) is 14.2 Å². The van der Waals surface area contributed by atoms with Gasteiger partial charge in [0.15, 0.2) is 4.90 Å². The van der Waals surface area contributed by atoms with E-state index in [9.17, 15) is 22.0 Å². The number of H-pyrrole nitrogens is 1. The van der Waals surface area contributed by atoms with E-state index >= 15 is 0 Å². The van der Waals surface area contributed by atoms with Gasteiger partial charge in [0.1, 0.15) is 17.3 Å². The van der Waals surface area contributed by atoms with Crippen molar-refractivity contribution in [1.29, 1.82) is 0 Å². The van der Waals surface area contributed by atoms with Gasteiger partial charge >= 0.3 is 0 Å². The smallest absolute Gasteiger partial charge is 0.271 e. The van der Waals surface area contributed by atoms with E-state index in [0.717, 1.165) is 28.0 Å². The Balaban J connectivity index is 1.53. The molecule has 1 aromatic heterocycles. The van der Waals surface area contributed by atoms with Crippen LogP contribution in [0.4, 0.5) is 8.78 Å². The molecule has 6 nitrogen and oxygen atoms in total. The van der Waals surface area contributed by atoms with Crippen molar-refractivity contribution in [2.45, 2.75) is 4.90 Å². The van der Waals surface area contributed by atoms with Crippen LogP contribution in [0.5, 0.6) is 0 Å². The molecule has 0 bridgehead atoms. The fraction of sp³-hybridized carbons (Fsp3) is 0.211. The first-order valence-electron chi connectivity index (χ1n) is 8.80. The van der Waals surface area contributed by atoms with E-state index < -0.39 is 26.6 Å². The van der Waals surface area contributed by atoms with E-state index in [4.69, 9.17) is 11.6 Å². The van der Waals surface area contributed by atoms with Gasteiger partial charge in [-0.2, -0.15) is 4.31 Å². The number of para-hydroxylation sites is 1. The molecule has 0 spiro atoms. The number of hydrogen-bond donors (Lipinski definition) is 1. The maximum atomic E-state index is 13.9. The second kappa shape index (κ2) is 7.40. The summed E-state index contributed by atoms with van der Waals surface area (Å²) in [7, 11) is -4.35. The van der Waals surface area contributed by atoms with E-state index in [1.54, 1.807) is 12.1 Å². The van der Waals surface area contributed by atoms with Gasteiger partial charge < -0.3 is 9.88 Å². The molecule has 0 aliphatic carbocycles. The van der Waals surface area contributed by atoms with Crippen molar-refractivity contribution in [3.05, 3.63) is 64.8 Å². The standard InChI is InChI=1S/C19H16ClF2N3O3S/c20-16-12-4-1-2-7-15(12)23-17(16)19(26)24-8-10-25(11-9-24)29(27,28)18-13(21)5-3-6-14(18)22/h1-7,23H,8-11H2. The highest BCUT2D eigenvalue weighted by atomic mass is 35.5. The molecule has 4 rings (SSSR count). The summed E-state index contributed by atoms with van der Waals surface area (Å²) in [5, 5.41) is 1.02. The van der Waals surface area contributed by atoms with Crippen LogP contribution < -0.4 is 0 Å². The molecular weight excluding hydrogens is 424 g/mol. The second-order valence-electron chi connectivity index (χ2n) is 6.61. The van der Waals surface area contributed by atoms with Crippen LogP contribution in [-0.4, -0.2) is 54.7 Å². The quantitative estimate of drug-likeness (QED) is 0.680. The van der Waals surface area contributed by atoms with Crippen LogP contribution in [0.3, 0.4) is 0 Å². The Bertz CT molecular complexity index is 1180. The first-order chi connectivity index (χ1) is 13.8. The molecule has 1 aliphatic rings. The minimum atomic E-state index is -4.35. The van der Waals surface area contributed by atoms with Gasteiger partial charge in [-0.25, -0.2) is 17.2 Å². The maximum Gasteiger partial charge on any atom is 0.271 e. The number of aromatic amines is 1. The number of nitrogens with zero attached hydrogens (tertiary/aromatic N) is 2. The third-order valence-electron chi connectivity index (χ3n) is 4.90. The second-order valence-corrected chi connectivity index (χ2v) is 8.86. The number of rotatable bonds is 3. The lowest BCUT2D eigenvalue weighted by Crippen LogP contribution is -2.50. The van der Waals surface area contributed by atoms with Crippen molar-refractivity contribution in [2.24, 2.45) is 0 Å². The number of carbonyl (C=O) groups is 1. The highest BCUT2D eigenvalue weighted by Gasteiger charge is 2.34. The van der Waals surface area contributed by atoms with Gasteiger partial charge in [0.2, 0.25) is 10.0 Å². The molecule has 1 amide bonds. The first kappa shape index (κ1) is 19.8. The highest BCUT2D eigenvalue weighted by Crippen LogP contribution is 2.29. The third-order valence-corrected chi connectivity index (χ3v) is 7.24. The summed E-state index contributed by atoms with van der Waals surface area (Å²) in [6.07, 6.45) is 0. The zero-order valence-corrected chi connectivity index (χ0v) is 16.6. The summed E-state index contributed by atoms with van der Waals surface area (Å²) < 4.78 is 54.2. The zero-order valence-electron chi connectivity index (χ0n) is 15.0. The number of benzene rings is 2. The summed E-state index contributed by atoms with van der Waals surface area (Å²) in [5.41, 5.74) is 0.946. The van der Waals surface area contributed by atoms with Gasteiger partial charge in [-0.15, -0.1) is 0 Å². The van der Waals surface area contributed by atoms with Crippen LogP contribution in [0.25, 0.3) is 10.9 Å². The molecule has 1 fully saturated rings. The predicted molar refractivity (Wildman–Crippen MR) is 104 cm³/mol. The normalized spacial score (nSPS) is 15.8. The molecule has 1 aliphatic heterocycles. The monoisotopic (exact) mass is 439 g/mol. The van der Waals surface area contributed by atoms with Crippen molar-refractivity contribution < 1.29 is 22.0 Å². The average molecular weight is 440 g/mol. The molecule has 0 atom stereocenters. The molecular formula is C19H16ClF2N3O3S. The average Bonchev–Trinajstić information content (AvgIpc) is 3.04. The fourth-order valence-electron chi connectivity index (χ4n) is 3.40. The minimum Gasteiger partial charge on any atom is -0.349 e. The first-order valence-corrected chi connectivity index (χ1v) is 10.6. The van der Waals surface area contributed by atoms with E-state index in [-0.39, 0.29) is 37.8 Å². The van der Waals surface area contributed by atoms with Crippen LogP contribution in [0.2, 0.25) is 5.02 Å². The Morgan fingerprint density at radius 2 is 1.59 bits per heavy atom. The summed E-state index contributed by atoms with van der Waals surface area (Å²) in [6.45, 7) is -0.0287. The molecule has 1 N–H and O–H groups in total. The van der Waals surface area contributed by atoms with E-state index in [0.29, 0.717) is 10.4 Å². The zero-order chi connectivity index (χ0) is 20.8. The number of nitrogens with one attached hydrogen (secondary N) is 1. The van der Waals surface area contributed by atoms with Crippen molar-refractivity contribution in [3.8, 4) is 0 Å². The molecule has 0 unspecified atom stereocenters. The van der Waals surface area contributed by atoms with Gasteiger partial charge in [0.25, 0.3) is 5.91 Å². The van der Waals surface area contributed by atoms with Gasteiger partial charge in [0, 0.05) is 37.1 Å². The van der Waals surface area contributed by atoms with Crippen molar-refractivity contribution in [2.75, 3.05) is 26.2 Å². The summed E-state index contributed by atoms with van der Waals surface area (Å²) >= 11 is 6.32. The lowest BCUT2D eigenvalue weighted by Gasteiger charge is -2.33. The number of amides is 1. The molecule has 2 heterocycles. The number of carbonyl (C=O) groups excluding carboxylic acids is 1. The summed E-state index contributed by atoms with van der Waals surface area (Å²) in [5.74, 6) is -2.65. The molecule has 3 aromatic rings. The number of piperazine rings is 1. The Kier molecular flexibility index (Phi) is 5.05. The predicted octanol–water partition coefficient (Wildman–Crippen LogP) is 3.25. The summed E-state index contributed by atoms with van der Waals surface area (Å²) in [4.78, 5) is 16.3. The SMILES string of the molecule is O=C(c1[nH]c2ccccc2c1Cl)N1CCN(S(=O)(=O)c2c(F)cccc2F)CC1. The molecule has 0 radical (unpaired) electrons. The van der Waals surface area contributed by atoms with Crippen LogP contribution in [0.15, 0.2) is 47.4 Å². The Hall–Kier alpha value is -2.49. The Morgan fingerprint density at radius 3 is 2.21 bits per heavy atom. The Morgan fingerprint density at radius 1 is 0.966 bits per heavy atom. The van der Waals surface area contributed by atoms with Gasteiger partial charge in [-0.1, -0.05) is 35.9 Å². The minimum absolute atomic E-state index is 0.0693. The number of halogens is 3. The lowest BCUT2D eigenvalue weighted by molar-refractivity contribution is 0.0693. The molecule has 0 saturated carbocycles. The highest BCUT2D eigenvalue weighted by molar-refractivity contribution is 7.89. The van der Waals surface area contributed by atoms with Crippen LogP contribution >= 0.6 is 11.6 Å². The van der Waals surface area contributed by atoms with Gasteiger partial charge in [-0.3, -0.25) is 4.79 Å². The van der Waals surface area contributed by atoms with Crippen LogP contribution in [0, 0.1) is 11.6 Å². The number of aromatic nitrogens is 1. The fourth-order valence-corrected chi connectivity index (χ4v) is 5.23. The summed E-state index contributed by atoms with van der Waals surface area (Å²) in [6, 6.07) is 10.1. The van der Waals surface area contributed by atoms with E-state index in [1.807, 2.05) is 12.1 Å². The van der Waals surface area contributed by atoms with Crippen LogP contribution in [-0.2, 0) is 10.0 Å². The van der Waals surface area contributed by atoms with Crippen molar-refractivity contribution >= 4 is 38.4 Å².